The van der Waals surface area contributed by atoms with Crippen molar-refractivity contribution in [3.8, 4) is 0 Å². The van der Waals surface area contributed by atoms with Gasteiger partial charge in [0.15, 0.2) is 0 Å². The number of hydrogen-bond acceptors (Lipinski definition) is 2. The Morgan fingerprint density at radius 1 is 1.05 bits per heavy atom. The molecule has 0 aliphatic heterocycles. The molecule has 110 valence electrons. The minimum Gasteiger partial charge on any atom is -0.480 e. The Balaban J connectivity index is 2.02. The van der Waals surface area contributed by atoms with Crippen molar-refractivity contribution in [2.45, 2.75) is 17.4 Å². The summed E-state index contributed by atoms with van der Waals surface area (Å²) in [4.78, 5) is 11.3. The summed E-state index contributed by atoms with van der Waals surface area (Å²) in [6.45, 7) is 0. The SMILES string of the molecule is O=C(O)C(Cc1ccccc1)SCc1cc(F)cc(F)c1. The van der Waals surface area contributed by atoms with Gasteiger partial charge >= 0.3 is 5.97 Å². The summed E-state index contributed by atoms with van der Waals surface area (Å²) in [6, 6.07) is 12.5. The summed E-state index contributed by atoms with van der Waals surface area (Å²) < 4.78 is 26.2. The number of carboxylic acids is 1. The first kappa shape index (κ1) is 15.5. The van der Waals surface area contributed by atoms with E-state index in [-0.39, 0.29) is 5.75 Å². The quantitative estimate of drug-likeness (QED) is 0.879. The lowest BCUT2D eigenvalue weighted by molar-refractivity contribution is -0.136. The largest absolute Gasteiger partial charge is 0.480 e. The Morgan fingerprint density at radius 3 is 2.24 bits per heavy atom. The van der Waals surface area contributed by atoms with Crippen molar-refractivity contribution in [3.63, 3.8) is 0 Å². The van der Waals surface area contributed by atoms with E-state index in [1.165, 1.54) is 12.1 Å². The number of thioether (sulfide) groups is 1. The molecule has 0 fully saturated rings. The van der Waals surface area contributed by atoms with Gasteiger partial charge in [0.25, 0.3) is 0 Å². The fourth-order valence-corrected chi connectivity index (χ4v) is 2.95. The molecule has 0 bridgehead atoms. The summed E-state index contributed by atoms with van der Waals surface area (Å²) >= 11 is 1.16. The molecule has 21 heavy (non-hydrogen) atoms. The number of aliphatic carboxylic acids is 1. The summed E-state index contributed by atoms with van der Waals surface area (Å²) in [5, 5.41) is 8.60. The van der Waals surface area contributed by atoms with Gasteiger partial charge in [0.1, 0.15) is 16.9 Å². The average molecular weight is 308 g/mol. The topological polar surface area (TPSA) is 37.3 Å². The number of carbonyl (C=O) groups is 1. The molecule has 2 rings (SSSR count). The van der Waals surface area contributed by atoms with Crippen molar-refractivity contribution in [3.05, 3.63) is 71.3 Å². The Kier molecular flexibility index (Phi) is 5.33. The predicted molar refractivity (Wildman–Crippen MR) is 79.2 cm³/mol. The van der Waals surface area contributed by atoms with Crippen LogP contribution in [0, 0.1) is 11.6 Å². The van der Waals surface area contributed by atoms with Gasteiger partial charge in [0.05, 0.1) is 0 Å². The number of hydrogen-bond donors (Lipinski definition) is 1. The van der Waals surface area contributed by atoms with Gasteiger partial charge in [-0.3, -0.25) is 4.79 Å². The standard InChI is InChI=1S/C16H14F2O2S/c17-13-6-12(7-14(18)9-13)10-21-15(16(19)20)8-11-4-2-1-3-5-11/h1-7,9,15H,8,10H2,(H,19,20). The van der Waals surface area contributed by atoms with Crippen molar-refractivity contribution < 1.29 is 18.7 Å². The van der Waals surface area contributed by atoms with E-state index in [1.807, 2.05) is 30.3 Å². The molecule has 0 spiro atoms. The van der Waals surface area contributed by atoms with Gasteiger partial charge in [-0.05, 0) is 29.7 Å². The third-order valence-electron chi connectivity index (χ3n) is 2.91. The van der Waals surface area contributed by atoms with E-state index < -0.39 is 22.9 Å². The Bertz CT molecular complexity index is 597. The maximum Gasteiger partial charge on any atom is 0.316 e. The summed E-state index contributed by atoms with van der Waals surface area (Å²) in [5.41, 5.74) is 1.36. The van der Waals surface area contributed by atoms with E-state index in [2.05, 4.69) is 0 Å². The fraction of sp³-hybridized carbons (Fsp3) is 0.188. The van der Waals surface area contributed by atoms with Crippen LogP contribution < -0.4 is 0 Å². The molecule has 0 aromatic heterocycles. The van der Waals surface area contributed by atoms with Gasteiger partial charge in [0, 0.05) is 11.8 Å². The molecule has 1 N–H and O–H groups in total. The first-order valence-electron chi connectivity index (χ1n) is 6.38. The second-order valence-corrected chi connectivity index (χ2v) is 5.80. The maximum absolute atomic E-state index is 13.1. The van der Waals surface area contributed by atoms with Crippen LogP contribution >= 0.6 is 11.8 Å². The lowest BCUT2D eigenvalue weighted by atomic mass is 10.1. The van der Waals surface area contributed by atoms with E-state index in [9.17, 15) is 18.7 Å². The molecular formula is C16H14F2O2S. The van der Waals surface area contributed by atoms with Crippen LogP contribution in [0.5, 0.6) is 0 Å². The van der Waals surface area contributed by atoms with Crippen LogP contribution in [0.2, 0.25) is 0 Å². The zero-order valence-corrected chi connectivity index (χ0v) is 11.9. The highest BCUT2D eigenvalue weighted by Gasteiger charge is 2.18. The molecule has 1 unspecified atom stereocenters. The van der Waals surface area contributed by atoms with Crippen LogP contribution in [-0.4, -0.2) is 16.3 Å². The van der Waals surface area contributed by atoms with Gasteiger partial charge in [0.2, 0.25) is 0 Å². The van der Waals surface area contributed by atoms with Gasteiger partial charge in [-0.15, -0.1) is 11.8 Å². The Labute approximate surface area is 125 Å². The molecule has 0 aliphatic carbocycles. The van der Waals surface area contributed by atoms with E-state index in [4.69, 9.17) is 0 Å². The first-order chi connectivity index (χ1) is 10.0. The highest BCUT2D eigenvalue weighted by atomic mass is 32.2. The van der Waals surface area contributed by atoms with Crippen molar-refractivity contribution in [1.82, 2.24) is 0 Å². The average Bonchev–Trinajstić information content (AvgIpc) is 2.43. The Morgan fingerprint density at radius 2 is 1.67 bits per heavy atom. The molecule has 0 saturated carbocycles. The fourth-order valence-electron chi connectivity index (χ4n) is 1.94. The number of halogens is 2. The molecule has 0 heterocycles. The molecular weight excluding hydrogens is 294 g/mol. The van der Waals surface area contributed by atoms with Gasteiger partial charge in [-0.25, -0.2) is 8.78 Å². The monoisotopic (exact) mass is 308 g/mol. The molecule has 0 amide bonds. The van der Waals surface area contributed by atoms with Gasteiger partial charge < -0.3 is 5.11 Å². The number of rotatable bonds is 6. The van der Waals surface area contributed by atoms with Crippen LogP contribution in [0.3, 0.4) is 0 Å². The minimum absolute atomic E-state index is 0.248. The maximum atomic E-state index is 13.1. The lowest BCUT2D eigenvalue weighted by Crippen LogP contribution is -2.19. The molecule has 5 heteroatoms. The third-order valence-corrected chi connectivity index (χ3v) is 4.18. The molecule has 0 radical (unpaired) electrons. The lowest BCUT2D eigenvalue weighted by Gasteiger charge is -2.12. The smallest absolute Gasteiger partial charge is 0.316 e. The van der Waals surface area contributed by atoms with Crippen LogP contribution in [0.25, 0.3) is 0 Å². The van der Waals surface area contributed by atoms with Gasteiger partial charge in [-0.1, -0.05) is 30.3 Å². The van der Waals surface area contributed by atoms with E-state index in [1.54, 1.807) is 0 Å². The number of benzene rings is 2. The summed E-state index contributed by atoms with van der Waals surface area (Å²) in [5.74, 6) is -1.99. The van der Waals surface area contributed by atoms with Crippen LogP contribution in [0.1, 0.15) is 11.1 Å². The van der Waals surface area contributed by atoms with Crippen molar-refractivity contribution in [1.29, 1.82) is 0 Å². The zero-order valence-electron chi connectivity index (χ0n) is 11.1. The van der Waals surface area contributed by atoms with E-state index >= 15 is 0 Å². The predicted octanol–water partition coefficient (Wildman–Crippen LogP) is 3.89. The first-order valence-corrected chi connectivity index (χ1v) is 7.43. The molecule has 0 saturated heterocycles. The van der Waals surface area contributed by atoms with Crippen molar-refractivity contribution in [2.24, 2.45) is 0 Å². The van der Waals surface area contributed by atoms with Crippen LogP contribution in [0.15, 0.2) is 48.5 Å². The van der Waals surface area contributed by atoms with Crippen LogP contribution in [-0.2, 0) is 17.0 Å². The molecule has 0 aliphatic rings. The van der Waals surface area contributed by atoms with Gasteiger partial charge in [-0.2, -0.15) is 0 Å². The van der Waals surface area contributed by atoms with Crippen molar-refractivity contribution in [2.75, 3.05) is 0 Å². The molecule has 2 aromatic rings. The summed E-state index contributed by atoms with van der Waals surface area (Å²) in [7, 11) is 0. The van der Waals surface area contributed by atoms with E-state index in [0.717, 1.165) is 23.4 Å². The third kappa shape index (κ3) is 4.86. The number of carboxylic acid groups (broad SMARTS) is 1. The highest BCUT2D eigenvalue weighted by molar-refractivity contribution is 7.99. The zero-order chi connectivity index (χ0) is 15.2. The second kappa shape index (κ2) is 7.22. The normalized spacial score (nSPS) is 12.1. The summed E-state index contributed by atoms with van der Waals surface area (Å²) in [6.07, 6.45) is 0.374. The van der Waals surface area contributed by atoms with Crippen molar-refractivity contribution >= 4 is 17.7 Å². The second-order valence-electron chi connectivity index (χ2n) is 4.61. The van der Waals surface area contributed by atoms with E-state index in [0.29, 0.717) is 12.0 Å². The minimum atomic E-state index is -0.930. The molecule has 2 nitrogen and oxygen atoms in total. The molecule has 2 aromatic carbocycles. The molecule has 1 atom stereocenters. The van der Waals surface area contributed by atoms with Crippen LogP contribution in [0.4, 0.5) is 8.78 Å². The Hall–Kier alpha value is -1.88. The highest BCUT2D eigenvalue weighted by Crippen LogP contribution is 2.22.